The number of piperidine rings is 3. The van der Waals surface area contributed by atoms with Crippen LogP contribution in [0, 0.1) is 5.92 Å². The SMILES string of the molecule is Cl.Cl.O=C(NC1CN2CCC1CC2)c1cccn2ccnc12. The molecule has 2 bridgehead atoms. The van der Waals surface area contributed by atoms with Crippen LogP contribution in [0.5, 0.6) is 0 Å². The van der Waals surface area contributed by atoms with Crippen LogP contribution in [0.1, 0.15) is 23.2 Å². The highest BCUT2D eigenvalue weighted by atomic mass is 35.5. The first kappa shape index (κ1) is 17.1. The van der Waals surface area contributed by atoms with E-state index < -0.39 is 0 Å². The molecular weight excluding hydrogens is 323 g/mol. The number of carbonyl (C=O) groups is 1. The van der Waals surface area contributed by atoms with E-state index >= 15 is 0 Å². The van der Waals surface area contributed by atoms with E-state index in [-0.39, 0.29) is 30.7 Å². The van der Waals surface area contributed by atoms with Crippen LogP contribution in [0.3, 0.4) is 0 Å². The zero-order chi connectivity index (χ0) is 13.5. The fraction of sp³-hybridized carbons (Fsp3) is 0.467. The minimum absolute atomic E-state index is 0. The lowest BCUT2D eigenvalue weighted by molar-refractivity contribution is 0.0621. The summed E-state index contributed by atoms with van der Waals surface area (Å²) in [5.41, 5.74) is 1.39. The number of fused-ring (bicyclic) bond motifs is 4. The second kappa shape index (κ2) is 6.86. The molecule has 3 aliphatic heterocycles. The van der Waals surface area contributed by atoms with Crippen molar-refractivity contribution in [2.45, 2.75) is 18.9 Å². The second-order valence-corrected chi connectivity index (χ2v) is 5.80. The van der Waals surface area contributed by atoms with Gasteiger partial charge >= 0.3 is 0 Å². The van der Waals surface area contributed by atoms with Crippen molar-refractivity contribution in [3.8, 4) is 0 Å². The molecular formula is C15H20Cl2N4O. The lowest BCUT2D eigenvalue weighted by Crippen LogP contribution is -2.57. The van der Waals surface area contributed by atoms with Gasteiger partial charge in [0.05, 0.1) is 5.56 Å². The average molecular weight is 343 g/mol. The second-order valence-electron chi connectivity index (χ2n) is 5.80. The number of nitrogens with one attached hydrogen (secondary N) is 1. The molecule has 3 saturated heterocycles. The molecule has 0 spiro atoms. The smallest absolute Gasteiger partial charge is 0.255 e. The molecule has 22 heavy (non-hydrogen) atoms. The van der Waals surface area contributed by atoms with Gasteiger partial charge in [0.25, 0.3) is 5.91 Å². The van der Waals surface area contributed by atoms with Gasteiger partial charge in [0.1, 0.15) is 5.65 Å². The van der Waals surface area contributed by atoms with Crippen LogP contribution in [-0.4, -0.2) is 45.9 Å². The van der Waals surface area contributed by atoms with Crippen molar-refractivity contribution in [1.29, 1.82) is 0 Å². The lowest BCUT2D eigenvalue weighted by Gasteiger charge is -2.44. The van der Waals surface area contributed by atoms with Gasteiger partial charge in [-0.25, -0.2) is 4.98 Å². The Bertz CT molecular complexity index is 652. The van der Waals surface area contributed by atoms with E-state index in [1.807, 2.05) is 28.9 Å². The van der Waals surface area contributed by atoms with E-state index in [1.54, 1.807) is 6.20 Å². The van der Waals surface area contributed by atoms with E-state index in [0.29, 0.717) is 17.5 Å². The van der Waals surface area contributed by atoms with E-state index in [0.717, 1.165) is 12.2 Å². The van der Waals surface area contributed by atoms with Crippen LogP contribution in [0.2, 0.25) is 0 Å². The maximum atomic E-state index is 12.5. The molecule has 0 aliphatic carbocycles. The van der Waals surface area contributed by atoms with Crippen LogP contribution in [0.15, 0.2) is 30.7 Å². The van der Waals surface area contributed by atoms with Crippen molar-refractivity contribution in [3.05, 3.63) is 36.3 Å². The standard InChI is InChI=1S/C15H18N4O.2ClH/c20-15(12-2-1-6-19-9-5-16-14(12)19)17-13-10-18-7-3-11(13)4-8-18;;/h1-2,5-6,9,11,13H,3-4,7-8,10H2,(H,17,20);2*1H. The summed E-state index contributed by atoms with van der Waals surface area (Å²) < 4.78 is 1.88. The Balaban J connectivity index is 0.000000882. The summed E-state index contributed by atoms with van der Waals surface area (Å²) in [6.45, 7) is 3.37. The highest BCUT2D eigenvalue weighted by Gasteiger charge is 2.35. The Morgan fingerprint density at radius 3 is 2.68 bits per heavy atom. The molecule has 1 atom stereocenters. The molecule has 2 aromatic heterocycles. The van der Waals surface area contributed by atoms with Crippen molar-refractivity contribution < 1.29 is 4.79 Å². The van der Waals surface area contributed by atoms with Gasteiger partial charge in [-0.3, -0.25) is 4.79 Å². The average Bonchev–Trinajstić information content (AvgIpc) is 2.96. The molecule has 7 heteroatoms. The van der Waals surface area contributed by atoms with Crippen LogP contribution in [0.25, 0.3) is 5.65 Å². The fourth-order valence-corrected chi connectivity index (χ4v) is 3.50. The molecule has 0 saturated carbocycles. The van der Waals surface area contributed by atoms with Gasteiger partial charge in [-0.05, 0) is 44.0 Å². The largest absolute Gasteiger partial charge is 0.348 e. The molecule has 5 nitrogen and oxygen atoms in total. The topological polar surface area (TPSA) is 49.6 Å². The van der Waals surface area contributed by atoms with E-state index in [2.05, 4.69) is 15.2 Å². The number of hydrogen-bond acceptors (Lipinski definition) is 3. The summed E-state index contributed by atoms with van der Waals surface area (Å²) in [4.78, 5) is 19.2. The number of rotatable bonds is 2. The highest BCUT2D eigenvalue weighted by Crippen LogP contribution is 2.27. The predicted octanol–water partition coefficient (Wildman–Crippen LogP) is 2.00. The molecule has 1 N–H and O–H groups in total. The maximum absolute atomic E-state index is 12.5. The molecule has 0 aromatic carbocycles. The molecule has 1 unspecified atom stereocenters. The number of pyridine rings is 1. The molecule has 1 amide bonds. The van der Waals surface area contributed by atoms with Crippen LogP contribution < -0.4 is 5.32 Å². The summed E-state index contributed by atoms with van der Waals surface area (Å²) in [5.74, 6) is 0.643. The maximum Gasteiger partial charge on any atom is 0.255 e. The van der Waals surface area contributed by atoms with Crippen molar-refractivity contribution in [3.63, 3.8) is 0 Å². The van der Waals surface area contributed by atoms with Gasteiger partial charge in [-0.15, -0.1) is 24.8 Å². The highest BCUT2D eigenvalue weighted by molar-refractivity contribution is 5.99. The number of amides is 1. The van der Waals surface area contributed by atoms with Crippen LogP contribution >= 0.6 is 24.8 Å². The zero-order valence-electron chi connectivity index (χ0n) is 12.1. The monoisotopic (exact) mass is 342 g/mol. The first-order chi connectivity index (χ1) is 9.81. The van der Waals surface area contributed by atoms with Crippen molar-refractivity contribution in [1.82, 2.24) is 19.6 Å². The Hall–Kier alpha value is -1.30. The van der Waals surface area contributed by atoms with Gasteiger partial charge in [-0.2, -0.15) is 0 Å². The Labute approximate surface area is 141 Å². The third-order valence-corrected chi connectivity index (χ3v) is 4.64. The third-order valence-electron chi connectivity index (χ3n) is 4.64. The summed E-state index contributed by atoms with van der Waals surface area (Å²) in [6.07, 6.45) is 7.91. The van der Waals surface area contributed by atoms with Gasteiger partial charge in [0.2, 0.25) is 0 Å². The summed E-state index contributed by atoms with van der Waals surface area (Å²) >= 11 is 0. The molecule has 5 rings (SSSR count). The van der Waals surface area contributed by atoms with Crippen molar-refractivity contribution >= 4 is 36.4 Å². The van der Waals surface area contributed by atoms with Gasteiger partial charge in [0, 0.05) is 31.2 Å². The minimum Gasteiger partial charge on any atom is -0.348 e. The van der Waals surface area contributed by atoms with E-state index in [4.69, 9.17) is 0 Å². The van der Waals surface area contributed by atoms with E-state index in [1.165, 1.54) is 25.9 Å². The number of hydrogen-bond donors (Lipinski definition) is 1. The van der Waals surface area contributed by atoms with Crippen LogP contribution in [-0.2, 0) is 0 Å². The molecule has 5 heterocycles. The summed E-state index contributed by atoms with van der Waals surface area (Å²) in [6, 6.07) is 4.03. The Kier molecular flexibility index (Phi) is 5.32. The molecule has 3 aliphatic rings. The number of nitrogens with zero attached hydrogens (tertiary/aromatic N) is 3. The van der Waals surface area contributed by atoms with Crippen molar-refractivity contribution in [2.24, 2.45) is 5.92 Å². The number of aromatic nitrogens is 2. The summed E-state index contributed by atoms with van der Waals surface area (Å²) in [5, 5.41) is 3.21. The van der Waals surface area contributed by atoms with Gasteiger partial charge in [-0.1, -0.05) is 0 Å². The minimum atomic E-state index is 0. The zero-order valence-corrected chi connectivity index (χ0v) is 13.8. The number of carbonyl (C=O) groups excluding carboxylic acids is 1. The Morgan fingerprint density at radius 2 is 2.00 bits per heavy atom. The molecule has 3 fully saturated rings. The van der Waals surface area contributed by atoms with Crippen molar-refractivity contribution in [2.75, 3.05) is 19.6 Å². The quantitative estimate of drug-likeness (QED) is 0.908. The lowest BCUT2D eigenvalue weighted by atomic mass is 9.84. The predicted molar refractivity (Wildman–Crippen MR) is 90.1 cm³/mol. The van der Waals surface area contributed by atoms with Gasteiger partial charge in [0.15, 0.2) is 0 Å². The van der Waals surface area contributed by atoms with E-state index in [9.17, 15) is 4.79 Å². The molecule has 2 aromatic rings. The summed E-state index contributed by atoms with van der Waals surface area (Å²) in [7, 11) is 0. The molecule has 120 valence electrons. The first-order valence-electron chi connectivity index (χ1n) is 7.26. The first-order valence-corrected chi connectivity index (χ1v) is 7.26. The van der Waals surface area contributed by atoms with Gasteiger partial charge < -0.3 is 14.6 Å². The van der Waals surface area contributed by atoms with Crippen LogP contribution in [0.4, 0.5) is 0 Å². The molecule has 0 radical (unpaired) electrons. The normalized spacial score (nSPS) is 26.1. The number of halogens is 2. The fourth-order valence-electron chi connectivity index (χ4n) is 3.50. The third kappa shape index (κ3) is 2.93. The Morgan fingerprint density at radius 1 is 1.23 bits per heavy atom. The number of imidazole rings is 1.